The van der Waals surface area contributed by atoms with Gasteiger partial charge in [0.1, 0.15) is 0 Å². The lowest BCUT2D eigenvalue weighted by atomic mass is 10.0. The van der Waals surface area contributed by atoms with Gasteiger partial charge in [-0.1, -0.05) is 43.3 Å². The molecular formula is C14H22N2. The van der Waals surface area contributed by atoms with Gasteiger partial charge in [-0.05, 0) is 18.5 Å². The van der Waals surface area contributed by atoms with E-state index in [0.29, 0.717) is 0 Å². The monoisotopic (exact) mass is 218 g/mol. The average molecular weight is 218 g/mol. The maximum absolute atomic E-state index is 6.14. The van der Waals surface area contributed by atoms with Gasteiger partial charge in [-0.25, -0.2) is 0 Å². The summed E-state index contributed by atoms with van der Waals surface area (Å²) >= 11 is 0. The zero-order valence-electron chi connectivity index (χ0n) is 10.1. The summed E-state index contributed by atoms with van der Waals surface area (Å²) in [5, 5.41) is 0. The van der Waals surface area contributed by atoms with E-state index in [1.165, 1.54) is 5.56 Å². The Morgan fingerprint density at radius 3 is 2.62 bits per heavy atom. The zero-order valence-corrected chi connectivity index (χ0v) is 10.1. The van der Waals surface area contributed by atoms with Gasteiger partial charge in [0.2, 0.25) is 0 Å². The van der Waals surface area contributed by atoms with E-state index >= 15 is 0 Å². The van der Waals surface area contributed by atoms with Gasteiger partial charge in [0, 0.05) is 19.1 Å². The Balaban J connectivity index is 2.40. The lowest BCUT2D eigenvalue weighted by Gasteiger charge is -2.20. The van der Waals surface area contributed by atoms with Crippen molar-refractivity contribution in [1.82, 2.24) is 4.90 Å². The van der Waals surface area contributed by atoms with Crippen molar-refractivity contribution < 1.29 is 0 Å². The van der Waals surface area contributed by atoms with Crippen LogP contribution in [0.3, 0.4) is 0 Å². The molecule has 88 valence electrons. The number of benzene rings is 1. The summed E-state index contributed by atoms with van der Waals surface area (Å²) in [6.45, 7) is 8.94. The van der Waals surface area contributed by atoms with E-state index in [-0.39, 0.29) is 6.04 Å². The maximum atomic E-state index is 6.14. The lowest BCUT2D eigenvalue weighted by Crippen LogP contribution is -2.27. The minimum Gasteiger partial charge on any atom is -0.324 e. The SMILES string of the molecule is C=CCN(CC)CCC(N)c1ccccc1. The Morgan fingerprint density at radius 2 is 2.06 bits per heavy atom. The number of nitrogens with two attached hydrogens (primary N) is 1. The van der Waals surface area contributed by atoms with E-state index in [2.05, 4.69) is 30.5 Å². The zero-order chi connectivity index (χ0) is 11.8. The molecule has 0 fully saturated rings. The number of nitrogens with zero attached hydrogens (tertiary/aromatic N) is 1. The molecule has 0 aromatic heterocycles. The first-order valence-corrected chi connectivity index (χ1v) is 5.91. The third-order valence-corrected chi connectivity index (χ3v) is 2.82. The van der Waals surface area contributed by atoms with Crippen molar-refractivity contribution in [3.8, 4) is 0 Å². The van der Waals surface area contributed by atoms with E-state index < -0.39 is 0 Å². The van der Waals surface area contributed by atoms with Gasteiger partial charge in [-0.3, -0.25) is 4.90 Å². The smallest absolute Gasteiger partial charge is 0.0307 e. The second-order valence-electron chi connectivity index (χ2n) is 3.99. The summed E-state index contributed by atoms with van der Waals surface area (Å²) < 4.78 is 0. The van der Waals surface area contributed by atoms with Crippen LogP contribution in [0.4, 0.5) is 0 Å². The molecule has 0 spiro atoms. The highest BCUT2D eigenvalue weighted by Gasteiger charge is 2.07. The van der Waals surface area contributed by atoms with E-state index in [0.717, 1.165) is 26.1 Å². The highest BCUT2D eigenvalue weighted by Crippen LogP contribution is 2.13. The molecule has 2 N–H and O–H groups in total. The predicted molar refractivity (Wildman–Crippen MR) is 70.3 cm³/mol. The molecule has 0 aliphatic carbocycles. The number of likely N-dealkylation sites (N-methyl/N-ethyl adjacent to an activating group) is 1. The van der Waals surface area contributed by atoms with Crippen molar-refractivity contribution in [3.63, 3.8) is 0 Å². The molecule has 0 saturated carbocycles. The Kier molecular flexibility index (Phi) is 5.83. The van der Waals surface area contributed by atoms with Crippen molar-refractivity contribution in [2.24, 2.45) is 5.73 Å². The van der Waals surface area contributed by atoms with E-state index in [1.807, 2.05) is 24.3 Å². The summed E-state index contributed by atoms with van der Waals surface area (Å²) in [6.07, 6.45) is 2.93. The molecule has 0 heterocycles. The molecule has 2 heteroatoms. The molecule has 0 amide bonds. The van der Waals surface area contributed by atoms with Gasteiger partial charge in [0.25, 0.3) is 0 Å². The topological polar surface area (TPSA) is 29.3 Å². The number of hydrogen-bond acceptors (Lipinski definition) is 2. The van der Waals surface area contributed by atoms with Crippen LogP contribution >= 0.6 is 0 Å². The van der Waals surface area contributed by atoms with E-state index in [1.54, 1.807) is 0 Å². The molecule has 1 aromatic rings. The first-order valence-electron chi connectivity index (χ1n) is 5.91. The van der Waals surface area contributed by atoms with Gasteiger partial charge in [0.15, 0.2) is 0 Å². The van der Waals surface area contributed by atoms with Crippen LogP contribution in [0.25, 0.3) is 0 Å². The van der Waals surface area contributed by atoms with Gasteiger partial charge >= 0.3 is 0 Å². The third-order valence-electron chi connectivity index (χ3n) is 2.82. The summed E-state index contributed by atoms with van der Waals surface area (Å²) in [5.74, 6) is 0. The van der Waals surface area contributed by atoms with Crippen LogP contribution in [0.15, 0.2) is 43.0 Å². The molecule has 0 aliphatic heterocycles. The van der Waals surface area contributed by atoms with Crippen LogP contribution in [0.5, 0.6) is 0 Å². The molecule has 0 bridgehead atoms. The van der Waals surface area contributed by atoms with Gasteiger partial charge in [-0.15, -0.1) is 6.58 Å². The van der Waals surface area contributed by atoms with E-state index in [4.69, 9.17) is 5.73 Å². The second-order valence-corrected chi connectivity index (χ2v) is 3.99. The van der Waals surface area contributed by atoms with Gasteiger partial charge < -0.3 is 5.73 Å². The van der Waals surface area contributed by atoms with Crippen molar-refractivity contribution in [1.29, 1.82) is 0 Å². The second kappa shape index (κ2) is 7.20. The van der Waals surface area contributed by atoms with E-state index in [9.17, 15) is 0 Å². The maximum Gasteiger partial charge on any atom is 0.0307 e. The van der Waals surface area contributed by atoms with Crippen LogP contribution in [0, 0.1) is 0 Å². The van der Waals surface area contributed by atoms with Gasteiger partial charge in [-0.2, -0.15) is 0 Å². The van der Waals surface area contributed by atoms with Gasteiger partial charge in [0.05, 0.1) is 0 Å². The largest absolute Gasteiger partial charge is 0.324 e. The summed E-state index contributed by atoms with van der Waals surface area (Å²) in [6, 6.07) is 10.4. The normalized spacial score (nSPS) is 12.7. The average Bonchev–Trinajstić information content (AvgIpc) is 2.35. The fourth-order valence-corrected chi connectivity index (χ4v) is 1.75. The highest BCUT2D eigenvalue weighted by atomic mass is 15.1. The summed E-state index contributed by atoms with van der Waals surface area (Å²) in [5.41, 5.74) is 7.36. The lowest BCUT2D eigenvalue weighted by molar-refractivity contribution is 0.305. The van der Waals surface area contributed by atoms with Crippen molar-refractivity contribution in [3.05, 3.63) is 48.6 Å². The molecule has 0 radical (unpaired) electrons. The first kappa shape index (κ1) is 12.9. The van der Waals surface area contributed by atoms with Crippen LogP contribution < -0.4 is 5.73 Å². The Hall–Kier alpha value is -1.12. The third kappa shape index (κ3) is 4.17. The Labute approximate surface area is 98.8 Å². The molecule has 0 aliphatic rings. The Bertz CT molecular complexity index is 295. The molecule has 1 atom stereocenters. The van der Waals surface area contributed by atoms with Crippen LogP contribution in [0.1, 0.15) is 24.9 Å². The van der Waals surface area contributed by atoms with Crippen LogP contribution in [0.2, 0.25) is 0 Å². The number of hydrogen-bond donors (Lipinski definition) is 1. The molecular weight excluding hydrogens is 196 g/mol. The molecule has 2 nitrogen and oxygen atoms in total. The van der Waals surface area contributed by atoms with Crippen molar-refractivity contribution in [2.45, 2.75) is 19.4 Å². The minimum atomic E-state index is 0.139. The summed E-state index contributed by atoms with van der Waals surface area (Å²) in [7, 11) is 0. The highest BCUT2D eigenvalue weighted by molar-refractivity contribution is 5.18. The molecule has 16 heavy (non-hydrogen) atoms. The number of rotatable bonds is 7. The summed E-state index contributed by atoms with van der Waals surface area (Å²) in [4.78, 5) is 2.34. The van der Waals surface area contributed by atoms with Crippen molar-refractivity contribution >= 4 is 0 Å². The van der Waals surface area contributed by atoms with Crippen LogP contribution in [-0.2, 0) is 0 Å². The predicted octanol–water partition coefficient (Wildman–Crippen LogP) is 2.58. The fraction of sp³-hybridized carbons (Fsp3) is 0.429. The molecule has 1 rings (SSSR count). The molecule has 1 unspecified atom stereocenters. The van der Waals surface area contributed by atoms with Crippen molar-refractivity contribution in [2.75, 3.05) is 19.6 Å². The molecule has 1 aromatic carbocycles. The van der Waals surface area contributed by atoms with Crippen LogP contribution in [-0.4, -0.2) is 24.5 Å². The molecule has 0 saturated heterocycles. The fourth-order valence-electron chi connectivity index (χ4n) is 1.75. The quantitative estimate of drug-likeness (QED) is 0.713. The minimum absolute atomic E-state index is 0.139. The Morgan fingerprint density at radius 1 is 1.38 bits per heavy atom. The standard InChI is InChI=1S/C14H22N2/c1-3-11-16(4-2)12-10-14(15)13-8-6-5-7-9-13/h3,5-9,14H,1,4,10-12,15H2,2H3. The first-order chi connectivity index (χ1) is 7.77.